The molecule has 2 aromatic carbocycles. The summed E-state index contributed by atoms with van der Waals surface area (Å²) in [6.07, 6.45) is 1.23. The van der Waals surface area contributed by atoms with E-state index in [9.17, 15) is 17.6 Å². The Hall–Kier alpha value is -2.39. The van der Waals surface area contributed by atoms with Crippen molar-refractivity contribution in [2.75, 3.05) is 4.31 Å². The van der Waals surface area contributed by atoms with E-state index in [1.165, 1.54) is 36.5 Å². The first-order chi connectivity index (χ1) is 14.1. The number of hydrogen-bond acceptors (Lipinski definition) is 4. The lowest BCUT2D eigenvalue weighted by Crippen LogP contribution is -2.31. The zero-order valence-corrected chi connectivity index (χ0v) is 18.0. The highest BCUT2D eigenvalue weighted by Crippen LogP contribution is 2.32. The molecule has 0 bridgehead atoms. The van der Waals surface area contributed by atoms with E-state index in [2.05, 4.69) is 4.98 Å². The Morgan fingerprint density at radius 1 is 1.03 bits per heavy atom. The van der Waals surface area contributed by atoms with Gasteiger partial charge in [-0.2, -0.15) is 0 Å². The van der Waals surface area contributed by atoms with Crippen LogP contribution in [0.25, 0.3) is 0 Å². The van der Waals surface area contributed by atoms with E-state index in [1.807, 2.05) is 0 Å². The van der Waals surface area contributed by atoms with E-state index >= 15 is 0 Å². The summed E-state index contributed by atoms with van der Waals surface area (Å²) in [6, 6.07) is 9.76. The molecule has 0 aliphatic carbocycles. The number of aromatic nitrogens is 1. The molecular formula is C19H12Cl3FN2O4S. The third kappa shape index (κ3) is 4.67. The van der Waals surface area contributed by atoms with Gasteiger partial charge in [0, 0.05) is 6.20 Å². The van der Waals surface area contributed by atoms with Gasteiger partial charge in [-0.1, -0.05) is 40.9 Å². The molecule has 0 fully saturated rings. The summed E-state index contributed by atoms with van der Waals surface area (Å²) in [5, 5.41) is 9.03. The maximum Gasteiger partial charge on any atom is 0.335 e. The summed E-state index contributed by atoms with van der Waals surface area (Å²) in [6.45, 7) is -0.267. The molecule has 6 nitrogen and oxygen atoms in total. The normalized spacial score (nSPS) is 11.3. The summed E-state index contributed by atoms with van der Waals surface area (Å²) in [5.74, 6) is -1.95. The molecule has 0 saturated heterocycles. The second-order valence-electron chi connectivity index (χ2n) is 6.05. The fourth-order valence-electron chi connectivity index (χ4n) is 2.57. The summed E-state index contributed by atoms with van der Waals surface area (Å²) in [7, 11) is -4.24. The summed E-state index contributed by atoms with van der Waals surface area (Å²) >= 11 is 17.9. The number of halogens is 4. The van der Waals surface area contributed by atoms with Gasteiger partial charge in [0.25, 0.3) is 10.0 Å². The molecule has 1 aromatic heterocycles. The van der Waals surface area contributed by atoms with Gasteiger partial charge in [0.2, 0.25) is 0 Å². The average Bonchev–Trinajstić information content (AvgIpc) is 2.69. The number of sulfonamides is 1. The molecule has 0 spiro atoms. The van der Waals surface area contributed by atoms with Crippen molar-refractivity contribution in [3.8, 4) is 0 Å². The van der Waals surface area contributed by atoms with E-state index in [0.29, 0.717) is 5.56 Å². The molecule has 0 unspecified atom stereocenters. The fourth-order valence-corrected chi connectivity index (χ4v) is 4.73. The maximum absolute atomic E-state index is 13.5. The number of rotatable bonds is 6. The van der Waals surface area contributed by atoms with Crippen LogP contribution in [0.15, 0.2) is 59.6 Å². The van der Waals surface area contributed by atoms with Crippen LogP contribution in [0.2, 0.25) is 15.1 Å². The van der Waals surface area contributed by atoms with Crippen molar-refractivity contribution in [3.63, 3.8) is 0 Å². The van der Waals surface area contributed by atoms with Crippen molar-refractivity contribution in [3.05, 3.63) is 86.7 Å². The molecule has 1 heterocycles. The zero-order chi connectivity index (χ0) is 22.1. The van der Waals surface area contributed by atoms with Gasteiger partial charge in [0.15, 0.2) is 5.82 Å². The molecule has 0 aliphatic rings. The predicted octanol–water partition coefficient (Wildman–Crippen LogP) is 5.27. The van der Waals surface area contributed by atoms with E-state index in [-0.39, 0.29) is 37.9 Å². The molecule has 11 heteroatoms. The second-order valence-corrected chi connectivity index (χ2v) is 9.16. The minimum atomic E-state index is -4.24. The maximum atomic E-state index is 13.5. The van der Waals surface area contributed by atoms with Crippen molar-refractivity contribution in [1.29, 1.82) is 0 Å². The number of carbonyl (C=O) groups is 1. The highest BCUT2D eigenvalue weighted by Gasteiger charge is 2.28. The van der Waals surface area contributed by atoms with Gasteiger partial charge in [0.1, 0.15) is 5.82 Å². The van der Waals surface area contributed by atoms with Crippen LogP contribution < -0.4 is 4.31 Å². The predicted molar refractivity (Wildman–Crippen MR) is 112 cm³/mol. The van der Waals surface area contributed by atoms with Crippen molar-refractivity contribution in [1.82, 2.24) is 4.98 Å². The zero-order valence-electron chi connectivity index (χ0n) is 14.9. The summed E-state index contributed by atoms with van der Waals surface area (Å²) < 4.78 is 41.1. The van der Waals surface area contributed by atoms with Gasteiger partial charge in [0.05, 0.1) is 32.1 Å². The van der Waals surface area contributed by atoms with Crippen LogP contribution >= 0.6 is 34.8 Å². The number of pyridine rings is 1. The number of benzene rings is 2. The van der Waals surface area contributed by atoms with E-state index in [0.717, 1.165) is 22.5 Å². The molecule has 0 atom stereocenters. The number of aromatic carboxylic acids is 1. The monoisotopic (exact) mass is 488 g/mol. The van der Waals surface area contributed by atoms with Gasteiger partial charge >= 0.3 is 5.97 Å². The third-order valence-corrected chi connectivity index (χ3v) is 6.55. The third-order valence-electron chi connectivity index (χ3n) is 4.02. The van der Waals surface area contributed by atoms with Crippen LogP contribution in [0, 0.1) is 5.82 Å². The molecular weight excluding hydrogens is 478 g/mol. The number of carboxylic acids is 1. The average molecular weight is 490 g/mol. The number of anilines is 1. The minimum absolute atomic E-state index is 0.0264. The molecule has 0 aliphatic heterocycles. The Balaban J connectivity index is 2.11. The molecule has 3 aromatic rings. The van der Waals surface area contributed by atoms with Crippen molar-refractivity contribution >= 4 is 56.6 Å². The highest BCUT2D eigenvalue weighted by molar-refractivity contribution is 7.92. The number of hydrogen-bond donors (Lipinski definition) is 1. The fraction of sp³-hybridized carbons (Fsp3) is 0.0526. The summed E-state index contributed by atoms with van der Waals surface area (Å²) in [4.78, 5) is 14.9. The van der Waals surface area contributed by atoms with Gasteiger partial charge in [-0.05, 0) is 48.0 Å². The first kappa shape index (κ1) is 22.3. The largest absolute Gasteiger partial charge is 0.478 e. The Labute approximate surface area is 186 Å². The molecule has 0 amide bonds. The molecule has 30 heavy (non-hydrogen) atoms. The summed E-state index contributed by atoms with van der Waals surface area (Å²) in [5.41, 5.74) is 0.299. The molecule has 156 valence electrons. The quantitative estimate of drug-likeness (QED) is 0.509. The molecule has 0 radical (unpaired) electrons. The van der Waals surface area contributed by atoms with Gasteiger partial charge in [-0.25, -0.2) is 26.9 Å². The topological polar surface area (TPSA) is 87.6 Å². The van der Waals surface area contributed by atoms with Crippen LogP contribution in [0.3, 0.4) is 0 Å². The van der Waals surface area contributed by atoms with Gasteiger partial charge in [-0.3, -0.25) is 0 Å². The number of carboxylic acid groups (broad SMARTS) is 1. The van der Waals surface area contributed by atoms with Crippen molar-refractivity contribution in [2.45, 2.75) is 11.4 Å². The smallest absolute Gasteiger partial charge is 0.335 e. The van der Waals surface area contributed by atoms with Crippen molar-refractivity contribution < 1.29 is 22.7 Å². The lowest BCUT2D eigenvalue weighted by molar-refractivity contribution is 0.0696. The van der Waals surface area contributed by atoms with Crippen LogP contribution in [0.5, 0.6) is 0 Å². The van der Waals surface area contributed by atoms with E-state index in [4.69, 9.17) is 39.9 Å². The van der Waals surface area contributed by atoms with Crippen LogP contribution in [0.1, 0.15) is 15.9 Å². The Morgan fingerprint density at radius 3 is 2.27 bits per heavy atom. The lowest BCUT2D eigenvalue weighted by Gasteiger charge is -2.24. The Bertz CT molecular complexity index is 1220. The molecule has 3 rings (SSSR count). The van der Waals surface area contributed by atoms with Gasteiger partial charge < -0.3 is 5.11 Å². The molecule has 1 N–H and O–H groups in total. The second kappa shape index (κ2) is 8.77. The van der Waals surface area contributed by atoms with Crippen LogP contribution in [-0.4, -0.2) is 24.5 Å². The first-order valence-electron chi connectivity index (χ1n) is 8.20. The van der Waals surface area contributed by atoms with Gasteiger partial charge in [-0.15, -0.1) is 0 Å². The number of nitrogens with zero attached hydrogens (tertiary/aromatic N) is 2. The van der Waals surface area contributed by atoms with Crippen molar-refractivity contribution in [2.24, 2.45) is 0 Å². The standard InChI is InChI=1S/C19H12Cl3FN2O4S/c20-13-8-16(22)18(24-9-13)25(10-11-1-6-17(23)15(21)7-11)30(28,29)14-4-2-12(3-5-14)19(26)27/h1-9H,10H2,(H,26,27). The van der Waals surface area contributed by atoms with Crippen LogP contribution in [-0.2, 0) is 16.6 Å². The minimum Gasteiger partial charge on any atom is -0.478 e. The SMILES string of the molecule is O=C(O)c1ccc(S(=O)(=O)N(Cc2ccc(F)c(Cl)c2)c2ncc(Cl)cc2Cl)cc1. The lowest BCUT2D eigenvalue weighted by atomic mass is 10.2. The Kier molecular flexibility index (Phi) is 6.52. The Morgan fingerprint density at radius 2 is 1.70 bits per heavy atom. The molecule has 0 saturated carbocycles. The first-order valence-corrected chi connectivity index (χ1v) is 10.8. The highest BCUT2D eigenvalue weighted by atomic mass is 35.5. The van der Waals surface area contributed by atoms with E-state index in [1.54, 1.807) is 0 Å². The van der Waals surface area contributed by atoms with Crippen LogP contribution in [0.4, 0.5) is 10.2 Å². The van der Waals surface area contributed by atoms with E-state index < -0.39 is 21.8 Å².